The third kappa shape index (κ3) is 3.90. The molecular weight excluding hydrogens is 286 g/mol. The van der Waals surface area contributed by atoms with Gasteiger partial charge in [-0.1, -0.05) is 42.8 Å². The fourth-order valence-electron chi connectivity index (χ4n) is 2.12. The normalized spacial score (nSPS) is 13.5. The van der Waals surface area contributed by atoms with E-state index in [1.807, 2.05) is 55.5 Å². The lowest BCUT2D eigenvalue weighted by Gasteiger charge is -2.25. The number of methoxy groups -OCH3 is 1. The second-order valence-corrected chi connectivity index (χ2v) is 5.25. The number of para-hydroxylation sites is 2. The molecule has 0 aromatic heterocycles. The van der Waals surface area contributed by atoms with Crippen molar-refractivity contribution < 1.29 is 9.47 Å². The quantitative estimate of drug-likeness (QED) is 0.869. The van der Waals surface area contributed by atoms with E-state index in [9.17, 15) is 0 Å². The fraction of sp³-hybridized carbons (Fsp3) is 0.294. The molecule has 0 aliphatic rings. The van der Waals surface area contributed by atoms with Crippen LogP contribution in [-0.2, 0) is 0 Å². The molecule has 0 amide bonds. The monoisotopic (exact) mass is 305 g/mol. The van der Waals surface area contributed by atoms with Gasteiger partial charge >= 0.3 is 0 Å². The Morgan fingerprint density at radius 1 is 1.05 bits per heavy atom. The van der Waals surface area contributed by atoms with Gasteiger partial charge in [-0.2, -0.15) is 0 Å². The van der Waals surface area contributed by atoms with Gasteiger partial charge in [0.25, 0.3) is 0 Å². The van der Waals surface area contributed by atoms with Gasteiger partial charge in [-0.05, 0) is 36.2 Å². The molecule has 2 unspecified atom stereocenters. The van der Waals surface area contributed by atoms with Crippen LogP contribution in [0, 0.1) is 0 Å². The number of hydrogen-bond donors (Lipinski definition) is 1. The van der Waals surface area contributed by atoms with Crippen molar-refractivity contribution in [3.8, 4) is 11.5 Å². The highest BCUT2D eigenvalue weighted by molar-refractivity contribution is 6.30. The first kappa shape index (κ1) is 15.7. The van der Waals surface area contributed by atoms with Crippen molar-refractivity contribution in [2.45, 2.75) is 25.5 Å². The molecule has 2 rings (SSSR count). The molecule has 0 aliphatic heterocycles. The molecule has 21 heavy (non-hydrogen) atoms. The standard InChI is InChI=1S/C17H20ClNO2/c1-3-14(19)17(12-8-10-13(18)11-9-12)21-16-7-5-4-6-15(16)20-2/h4-11,14,17H,3,19H2,1-2H3. The van der Waals surface area contributed by atoms with E-state index in [-0.39, 0.29) is 12.1 Å². The number of halogens is 1. The van der Waals surface area contributed by atoms with Crippen LogP contribution in [0.1, 0.15) is 25.0 Å². The first-order chi connectivity index (χ1) is 10.2. The molecule has 0 fully saturated rings. The number of nitrogens with two attached hydrogens (primary N) is 1. The summed E-state index contributed by atoms with van der Waals surface area (Å²) < 4.78 is 11.4. The summed E-state index contributed by atoms with van der Waals surface area (Å²) in [4.78, 5) is 0. The average molecular weight is 306 g/mol. The Bertz CT molecular complexity index is 571. The third-order valence-corrected chi connectivity index (χ3v) is 3.63. The Morgan fingerprint density at radius 2 is 1.67 bits per heavy atom. The summed E-state index contributed by atoms with van der Waals surface area (Å²) in [6, 6.07) is 15.0. The highest BCUT2D eigenvalue weighted by Crippen LogP contribution is 2.32. The van der Waals surface area contributed by atoms with Crippen LogP contribution in [0.25, 0.3) is 0 Å². The number of rotatable bonds is 6. The molecule has 0 radical (unpaired) electrons. The molecule has 0 spiro atoms. The van der Waals surface area contributed by atoms with Crippen molar-refractivity contribution in [3.63, 3.8) is 0 Å². The lowest BCUT2D eigenvalue weighted by atomic mass is 10.0. The lowest BCUT2D eigenvalue weighted by molar-refractivity contribution is 0.164. The first-order valence-corrected chi connectivity index (χ1v) is 7.34. The van der Waals surface area contributed by atoms with E-state index < -0.39 is 0 Å². The number of ether oxygens (including phenoxy) is 2. The summed E-state index contributed by atoms with van der Waals surface area (Å²) in [5.74, 6) is 1.38. The molecule has 4 heteroatoms. The van der Waals surface area contributed by atoms with E-state index in [1.54, 1.807) is 7.11 Å². The predicted molar refractivity (Wildman–Crippen MR) is 86.1 cm³/mol. The molecule has 0 heterocycles. The van der Waals surface area contributed by atoms with Gasteiger partial charge in [0.2, 0.25) is 0 Å². The van der Waals surface area contributed by atoms with Gasteiger partial charge in [-0.3, -0.25) is 0 Å². The van der Waals surface area contributed by atoms with Crippen molar-refractivity contribution in [2.24, 2.45) is 5.73 Å². The maximum absolute atomic E-state index is 6.23. The van der Waals surface area contributed by atoms with E-state index in [1.165, 1.54) is 0 Å². The average Bonchev–Trinajstić information content (AvgIpc) is 2.53. The highest BCUT2D eigenvalue weighted by Gasteiger charge is 2.21. The Balaban J connectivity index is 2.30. The maximum atomic E-state index is 6.23. The van der Waals surface area contributed by atoms with Crippen LogP contribution in [0.3, 0.4) is 0 Å². The summed E-state index contributed by atoms with van der Waals surface area (Å²) in [7, 11) is 1.62. The van der Waals surface area contributed by atoms with Gasteiger partial charge in [-0.15, -0.1) is 0 Å². The van der Waals surface area contributed by atoms with Crippen molar-refractivity contribution in [2.75, 3.05) is 7.11 Å². The summed E-state index contributed by atoms with van der Waals surface area (Å²) in [5.41, 5.74) is 7.23. The zero-order valence-electron chi connectivity index (χ0n) is 12.3. The van der Waals surface area contributed by atoms with Crippen LogP contribution in [0.15, 0.2) is 48.5 Å². The SMILES string of the molecule is CCC(N)C(Oc1ccccc1OC)c1ccc(Cl)cc1. The van der Waals surface area contributed by atoms with Crippen LogP contribution in [0.4, 0.5) is 0 Å². The van der Waals surface area contributed by atoms with Gasteiger partial charge in [0.1, 0.15) is 6.10 Å². The Kier molecular flexibility index (Phi) is 5.48. The second-order valence-electron chi connectivity index (χ2n) is 4.81. The molecule has 2 aromatic carbocycles. The lowest BCUT2D eigenvalue weighted by Crippen LogP contribution is -2.31. The third-order valence-electron chi connectivity index (χ3n) is 3.38. The topological polar surface area (TPSA) is 44.5 Å². The van der Waals surface area contributed by atoms with E-state index in [0.29, 0.717) is 16.5 Å². The van der Waals surface area contributed by atoms with E-state index in [4.69, 9.17) is 26.8 Å². The summed E-state index contributed by atoms with van der Waals surface area (Å²) in [6.07, 6.45) is 0.561. The Hall–Kier alpha value is -1.71. The summed E-state index contributed by atoms with van der Waals surface area (Å²) >= 11 is 5.95. The van der Waals surface area contributed by atoms with Crippen molar-refractivity contribution in [3.05, 3.63) is 59.1 Å². The molecule has 0 saturated carbocycles. The number of benzene rings is 2. The van der Waals surface area contributed by atoms with Crippen LogP contribution in [-0.4, -0.2) is 13.2 Å². The van der Waals surface area contributed by atoms with E-state index >= 15 is 0 Å². The molecule has 2 atom stereocenters. The van der Waals surface area contributed by atoms with Crippen molar-refractivity contribution >= 4 is 11.6 Å². The number of hydrogen-bond acceptors (Lipinski definition) is 3. The fourth-order valence-corrected chi connectivity index (χ4v) is 2.25. The summed E-state index contributed by atoms with van der Waals surface area (Å²) in [6.45, 7) is 2.04. The molecule has 0 aliphatic carbocycles. The molecule has 3 nitrogen and oxygen atoms in total. The molecule has 0 bridgehead atoms. The van der Waals surface area contributed by atoms with Crippen LogP contribution >= 0.6 is 11.6 Å². The van der Waals surface area contributed by atoms with Crippen molar-refractivity contribution in [1.29, 1.82) is 0 Å². The van der Waals surface area contributed by atoms with Gasteiger partial charge < -0.3 is 15.2 Å². The molecule has 2 N–H and O–H groups in total. The van der Waals surface area contributed by atoms with Gasteiger partial charge in [0.15, 0.2) is 11.5 Å². The van der Waals surface area contributed by atoms with Crippen LogP contribution in [0.5, 0.6) is 11.5 Å². The zero-order valence-corrected chi connectivity index (χ0v) is 13.0. The summed E-state index contributed by atoms with van der Waals surface area (Å²) in [5, 5.41) is 0.694. The van der Waals surface area contributed by atoms with Gasteiger partial charge in [0.05, 0.1) is 7.11 Å². The van der Waals surface area contributed by atoms with Gasteiger partial charge in [0, 0.05) is 11.1 Å². The molecule has 2 aromatic rings. The second kappa shape index (κ2) is 7.34. The van der Waals surface area contributed by atoms with E-state index in [2.05, 4.69) is 0 Å². The molecular formula is C17H20ClNO2. The zero-order chi connectivity index (χ0) is 15.2. The largest absolute Gasteiger partial charge is 0.493 e. The van der Waals surface area contributed by atoms with Crippen LogP contribution < -0.4 is 15.2 Å². The highest BCUT2D eigenvalue weighted by atomic mass is 35.5. The first-order valence-electron chi connectivity index (χ1n) is 6.96. The van der Waals surface area contributed by atoms with Crippen LogP contribution in [0.2, 0.25) is 5.02 Å². The van der Waals surface area contributed by atoms with Gasteiger partial charge in [-0.25, -0.2) is 0 Å². The minimum absolute atomic E-state index is 0.115. The maximum Gasteiger partial charge on any atom is 0.162 e. The Labute approximate surface area is 130 Å². The minimum Gasteiger partial charge on any atom is -0.493 e. The predicted octanol–water partition coefficient (Wildman–Crippen LogP) is 4.21. The minimum atomic E-state index is -0.247. The molecule has 0 saturated heterocycles. The smallest absolute Gasteiger partial charge is 0.162 e. The van der Waals surface area contributed by atoms with E-state index in [0.717, 1.165) is 12.0 Å². The Morgan fingerprint density at radius 3 is 2.24 bits per heavy atom. The molecule has 112 valence electrons. The van der Waals surface area contributed by atoms with Crippen molar-refractivity contribution in [1.82, 2.24) is 0 Å².